The molecule has 2 rings (SSSR count). The lowest BCUT2D eigenvalue weighted by atomic mass is 10.1. The number of hydrogen-bond donors (Lipinski definition) is 2. The van der Waals surface area contributed by atoms with E-state index in [4.69, 9.17) is 10.8 Å². The zero-order valence-corrected chi connectivity index (χ0v) is 8.19. The van der Waals surface area contributed by atoms with Crippen LogP contribution in [0.2, 0.25) is 0 Å². The molecular formula is C10H11NOS. The van der Waals surface area contributed by atoms with Crippen molar-refractivity contribution in [2.45, 2.75) is 13.5 Å². The summed E-state index contributed by atoms with van der Waals surface area (Å²) >= 11 is 1.57. The zero-order chi connectivity index (χ0) is 9.42. The third-order valence-corrected chi connectivity index (χ3v) is 3.34. The van der Waals surface area contributed by atoms with Gasteiger partial charge in [-0.25, -0.2) is 0 Å². The molecule has 0 aliphatic heterocycles. The molecule has 0 saturated heterocycles. The number of hydrogen-bond acceptors (Lipinski definition) is 3. The molecule has 0 bridgehead atoms. The molecule has 2 nitrogen and oxygen atoms in total. The summed E-state index contributed by atoms with van der Waals surface area (Å²) in [6.07, 6.45) is 0. The highest BCUT2D eigenvalue weighted by Gasteiger charge is 2.05. The summed E-state index contributed by atoms with van der Waals surface area (Å²) < 4.78 is 1.18. The van der Waals surface area contributed by atoms with E-state index in [0.717, 1.165) is 21.5 Å². The van der Waals surface area contributed by atoms with E-state index in [9.17, 15) is 0 Å². The summed E-state index contributed by atoms with van der Waals surface area (Å²) in [4.78, 5) is 0. The quantitative estimate of drug-likeness (QED) is 0.730. The fourth-order valence-electron chi connectivity index (χ4n) is 1.47. The topological polar surface area (TPSA) is 46.2 Å². The van der Waals surface area contributed by atoms with Gasteiger partial charge in [0, 0.05) is 4.70 Å². The van der Waals surface area contributed by atoms with E-state index >= 15 is 0 Å². The van der Waals surface area contributed by atoms with Crippen molar-refractivity contribution in [1.82, 2.24) is 0 Å². The minimum Gasteiger partial charge on any atom is -0.392 e. The number of thiophene rings is 1. The summed E-state index contributed by atoms with van der Waals surface area (Å²) in [6.45, 7) is 2.11. The Labute approximate surface area is 80.6 Å². The van der Waals surface area contributed by atoms with Crippen LogP contribution in [0.15, 0.2) is 18.2 Å². The summed E-state index contributed by atoms with van der Waals surface area (Å²) in [5.74, 6) is 0. The first kappa shape index (κ1) is 8.53. The van der Waals surface area contributed by atoms with Gasteiger partial charge >= 0.3 is 0 Å². The van der Waals surface area contributed by atoms with Crippen molar-refractivity contribution in [3.63, 3.8) is 0 Å². The summed E-state index contributed by atoms with van der Waals surface area (Å²) in [5.41, 5.74) is 7.83. The van der Waals surface area contributed by atoms with Gasteiger partial charge in [-0.3, -0.25) is 0 Å². The fourth-order valence-corrected chi connectivity index (χ4v) is 2.42. The molecule has 13 heavy (non-hydrogen) atoms. The third kappa shape index (κ3) is 1.30. The van der Waals surface area contributed by atoms with Gasteiger partial charge in [0.05, 0.1) is 11.6 Å². The van der Waals surface area contributed by atoms with E-state index in [1.165, 1.54) is 4.70 Å². The highest BCUT2D eigenvalue weighted by Crippen LogP contribution is 2.31. The Bertz CT molecular complexity index is 447. The predicted octanol–water partition coefficient (Wildman–Crippen LogP) is 2.28. The molecule has 1 aromatic heterocycles. The Hall–Kier alpha value is -1.06. The van der Waals surface area contributed by atoms with Crippen molar-refractivity contribution in [1.29, 1.82) is 0 Å². The monoisotopic (exact) mass is 193 g/mol. The first-order valence-electron chi connectivity index (χ1n) is 4.10. The van der Waals surface area contributed by atoms with Crippen LogP contribution >= 0.6 is 11.3 Å². The molecule has 0 atom stereocenters. The number of fused-ring (bicyclic) bond motifs is 1. The maximum atomic E-state index is 9.06. The molecular weight excluding hydrogens is 182 g/mol. The molecule has 0 fully saturated rings. The minimum atomic E-state index is 0.0968. The van der Waals surface area contributed by atoms with E-state index in [-0.39, 0.29) is 6.61 Å². The minimum absolute atomic E-state index is 0.0968. The third-order valence-electron chi connectivity index (χ3n) is 2.24. The lowest BCUT2D eigenvalue weighted by Gasteiger charge is -2.02. The number of rotatable bonds is 1. The van der Waals surface area contributed by atoms with Crippen LogP contribution in [-0.2, 0) is 6.61 Å². The van der Waals surface area contributed by atoms with Gasteiger partial charge in [0.1, 0.15) is 0 Å². The maximum Gasteiger partial charge on any atom is 0.0868 e. The zero-order valence-electron chi connectivity index (χ0n) is 7.37. The lowest BCUT2D eigenvalue weighted by Crippen LogP contribution is -1.86. The summed E-state index contributed by atoms with van der Waals surface area (Å²) in [5, 5.41) is 11.0. The number of anilines is 1. The molecule has 0 spiro atoms. The first-order valence-corrected chi connectivity index (χ1v) is 4.92. The Morgan fingerprint density at radius 2 is 2.23 bits per heavy atom. The second-order valence-corrected chi connectivity index (χ2v) is 4.16. The average Bonchev–Trinajstić information content (AvgIpc) is 2.47. The Morgan fingerprint density at radius 3 is 2.92 bits per heavy atom. The molecule has 3 heteroatoms. The smallest absolute Gasteiger partial charge is 0.0868 e. The van der Waals surface area contributed by atoms with E-state index in [1.54, 1.807) is 11.3 Å². The molecule has 0 aliphatic rings. The van der Waals surface area contributed by atoms with Crippen molar-refractivity contribution in [3.05, 3.63) is 29.3 Å². The van der Waals surface area contributed by atoms with Crippen LogP contribution in [0, 0.1) is 6.92 Å². The number of nitrogens with two attached hydrogens (primary N) is 1. The number of aliphatic hydroxyl groups excluding tert-OH is 1. The predicted molar refractivity (Wildman–Crippen MR) is 56.9 cm³/mol. The first-order chi connectivity index (χ1) is 6.22. The Morgan fingerprint density at radius 1 is 1.46 bits per heavy atom. The highest BCUT2D eigenvalue weighted by molar-refractivity contribution is 7.22. The SMILES string of the molecule is Cc1c(CO)ccc2cc(N)sc12. The standard InChI is InChI=1S/C10H11NOS/c1-6-8(5-12)3-2-7-4-9(11)13-10(6)7/h2-4,12H,5,11H2,1H3. The van der Waals surface area contributed by atoms with Crippen LogP contribution < -0.4 is 5.73 Å². The van der Waals surface area contributed by atoms with E-state index < -0.39 is 0 Å². The molecule has 68 valence electrons. The maximum absolute atomic E-state index is 9.06. The number of aryl methyl sites for hydroxylation is 1. The molecule has 0 amide bonds. The molecule has 0 saturated carbocycles. The van der Waals surface area contributed by atoms with Crippen molar-refractivity contribution in [2.75, 3.05) is 5.73 Å². The molecule has 2 aromatic rings. The van der Waals surface area contributed by atoms with Crippen molar-refractivity contribution >= 4 is 26.4 Å². The van der Waals surface area contributed by atoms with Crippen LogP contribution in [0.5, 0.6) is 0 Å². The van der Waals surface area contributed by atoms with Crippen molar-refractivity contribution < 1.29 is 5.11 Å². The van der Waals surface area contributed by atoms with Gasteiger partial charge < -0.3 is 10.8 Å². The normalized spacial score (nSPS) is 10.9. The molecule has 0 aliphatic carbocycles. The Kier molecular flexibility index (Phi) is 1.98. The number of aliphatic hydroxyl groups is 1. The fraction of sp³-hybridized carbons (Fsp3) is 0.200. The average molecular weight is 193 g/mol. The second kappa shape index (κ2) is 3.01. The Balaban J connectivity index is 2.78. The van der Waals surface area contributed by atoms with E-state index in [1.807, 2.05) is 25.1 Å². The lowest BCUT2D eigenvalue weighted by molar-refractivity contribution is 0.281. The van der Waals surface area contributed by atoms with Crippen LogP contribution in [0.25, 0.3) is 10.1 Å². The second-order valence-electron chi connectivity index (χ2n) is 3.07. The van der Waals surface area contributed by atoms with Gasteiger partial charge in [-0.2, -0.15) is 0 Å². The highest BCUT2D eigenvalue weighted by atomic mass is 32.1. The van der Waals surface area contributed by atoms with Crippen molar-refractivity contribution in [2.24, 2.45) is 0 Å². The molecule has 1 heterocycles. The molecule has 3 N–H and O–H groups in total. The van der Waals surface area contributed by atoms with Gasteiger partial charge in [-0.15, -0.1) is 11.3 Å². The van der Waals surface area contributed by atoms with Crippen LogP contribution in [0.4, 0.5) is 5.00 Å². The molecule has 0 radical (unpaired) electrons. The van der Waals surface area contributed by atoms with Gasteiger partial charge in [-0.1, -0.05) is 12.1 Å². The number of benzene rings is 1. The molecule has 1 aromatic carbocycles. The largest absolute Gasteiger partial charge is 0.392 e. The van der Waals surface area contributed by atoms with Crippen LogP contribution in [0.3, 0.4) is 0 Å². The van der Waals surface area contributed by atoms with Gasteiger partial charge in [0.25, 0.3) is 0 Å². The van der Waals surface area contributed by atoms with Crippen LogP contribution in [-0.4, -0.2) is 5.11 Å². The van der Waals surface area contributed by atoms with Crippen LogP contribution in [0.1, 0.15) is 11.1 Å². The molecule has 0 unspecified atom stereocenters. The van der Waals surface area contributed by atoms with Gasteiger partial charge in [-0.05, 0) is 29.5 Å². The number of nitrogen functional groups attached to an aromatic ring is 1. The van der Waals surface area contributed by atoms with Gasteiger partial charge in [0.15, 0.2) is 0 Å². The summed E-state index contributed by atoms with van der Waals surface area (Å²) in [6, 6.07) is 5.92. The van der Waals surface area contributed by atoms with E-state index in [0.29, 0.717) is 0 Å². The summed E-state index contributed by atoms with van der Waals surface area (Å²) in [7, 11) is 0. The van der Waals surface area contributed by atoms with Gasteiger partial charge in [0.2, 0.25) is 0 Å². The van der Waals surface area contributed by atoms with E-state index in [2.05, 4.69) is 0 Å². The van der Waals surface area contributed by atoms with Crippen molar-refractivity contribution in [3.8, 4) is 0 Å².